The summed E-state index contributed by atoms with van der Waals surface area (Å²) >= 11 is 1.59. The summed E-state index contributed by atoms with van der Waals surface area (Å²) in [4.78, 5) is 11.7. The molecule has 0 saturated carbocycles. The molecule has 0 aromatic carbocycles. The lowest BCUT2D eigenvalue weighted by atomic mass is 10.3. The van der Waals surface area contributed by atoms with Crippen LogP contribution in [0.25, 0.3) is 10.2 Å². The van der Waals surface area contributed by atoms with Crippen LogP contribution in [0.1, 0.15) is 0 Å². The molecule has 5 nitrogen and oxygen atoms in total. The van der Waals surface area contributed by atoms with E-state index in [9.17, 15) is 0 Å². The Bertz CT molecular complexity index is 485. The number of aromatic nitrogens is 2. The van der Waals surface area contributed by atoms with Gasteiger partial charge in [0, 0.05) is 20.6 Å². The highest BCUT2D eigenvalue weighted by Gasteiger charge is 2.11. The quantitative estimate of drug-likeness (QED) is 0.837. The Balaban J connectivity index is 2.51. The summed E-state index contributed by atoms with van der Waals surface area (Å²) in [6.07, 6.45) is 0. The normalized spacial score (nSPS) is 10.7. The van der Waals surface area contributed by atoms with Crippen molar-refractivity contribution in [1.82, 2.24) is 9.97 Å². The smallest absolute Gasteiger partial charge is 0.225 e. The summed E-state index contributed by atoms with van der Waals surface area (Å²) < 4.78 is 0. The van der Waals surface area contributed by atoms with Gasteiger partial charge in [0.25, 0.3) is 0 Å². The van der Waals surface area contributed by atoms with Gasteiger partial charge in [0.05, 0.1) is 12.0 Å². The third kappa shape index (κ3) is 1.94. The molecule has 2 N–H and O–H groups in total. The van der Waals surface area contributed by atoms with Gasteiger partial charge in [0.1, 0.15) is 10.6 Å². The average molecular weight is 238 g/mol. The van der Waals surface area contributed by atoms with Gasteiger partial charge in [-0.3, -0.25) is 0 Å². The van der Waals surface area contributed by atoms with Gasteiger partial charge in [-0.2, -0.15) is 4.98 Å². The highest BCUT2D eigenvalue weighted by atomic mass is 32.1. The van der Waals surface area contributed by atoms with Crippen LogP contribution in [0.5, 0.6) is 0 Å². The predicted octanol–water partition coefficient (Wildman–Crippen LogP) is 1.16. The lowest BCUT2D eigenvalue weighted by Crippen LogP contribution is -2.22. The molecular formula is C10H14N4OS. The number of thiophene rings is 1. The summed E-state index contributed by atoms with van der Waals surface area (Å²) in [6.45, 7) is 0.673. The van der Waals surface area contributed by atoms with Gasteiger partial charge in [-0.25, -0.2) is 4.98 Å². The number of hydrogen-bond donors (Lipinski definition) is 2. The number of nitrogens with zero attached hydrogens (tertiary/aromatic N) is 3. The Morgan fingerprint density at radius 3 is 3.00 bits per heavy atom. The minimum atomic E-state index is 0.112. The summed E-state index contributed by atoms with van der Waals surface area (Å²) in [5.74, 6) is 1.46. The van der Waals surface area contributed by atoms with Crippen molar-refractivity contribution in [2.45, 2.75) is 0 Å². The molecule has 86 valence electrons. The molecule has 0 radical (unpaired) electrons. The molecule has 0 aliphatic carbocycles. The van der Waals surface area contributed by atoms with Crippen molar-refractivity contribution in [3.8, 4) is 0 Å². The zero-order valence-electron chi connectivity index (χ0n) is 9.27. The minimum absolute atomic E-state index is 0.112. The molecular weight excluding hydrogens is 224 g/mol. The minimum Gasteiger partial charge on any atom is -0.395 e. The van der Waals surface area contributed by atoms with E-state index < -0.39 is 0 Å². The van der Waals surface area contributed by atoms with E-state index in [4.69, 9.17) is 5.11 Å². The summed E-state index contributed by atoms with van der Waals surface area (Å²) in [6, 6.07) is 2.00. The van der Waals surface area contributed by atoms with E-state index in [1.165, 1.54) is 0 Å². The van der Waals surface area contributed by atoms with Gasteiger partial charge in [-0.05, 0) is 11.4 Å². The van der Waals surface area contributed by atoms with Crippen molar-refractivity contribution in [3.05, 3.63) is 11.4 Å². The van der Waals surface area contributed by atoms with E-state index in [2.05, 4.69) is 15.3 Å². The number of likely N-dealkylation sites (N-methyl/N-ethyl adjacent to an activating group) is 1. The van der Waals surface area contributed by atoms with Crippen molar-refractivity contribution in [1.29, 1.82) is 0 Å². The number of nitrogens with one attached hydrogen (secondary N) is 1. The standard InChI is InChI=1S/C10H14N4OS/c1-11-10-12-8(14(2)4-5-15)7-3-6-16-9(7)13-10/h3,6,15H,4-5H2,1-2H3,(H,11,12,13). The largest absolute Gasteiger partial charge is 0.395 e. The van der Waals surface area contributed by atoms with Crippen molar-refractivity contribution in [3.63, 3.8) is 0 Å². The first-order chi connectivity index (χ1) is 7.76. The van der Waals surface area contributed by atoms with Crippen molar-refractivity contribution >= 4 is 33.3 Å². The Kier molecular flexibility index (Phi) is 3.21. The van der Waals surface area contributed by atoms with Crippen LogP contribution in [0, 0.1) is 0 Å². The number of fused-ring (bicyclic) bond motifs is 1. The Labute approximate surface area is 97.8 Å². The SMILES string of the molecule is CNc1nc(N(C)CCO)c2ccsc2n1. The molecule has 0 atom stereocenters. The lowest BCUT2D eigenvalue weighted by Gasteiger charge is -2.18. The van der Waals surface area contributed by atoms with E-state index in [1.807, 2.05) is 23.4 Å². The Morgan fingerprint density at radius 2 is 2.31 bits per heavy atom. The first kappa shape index (κ1) is 11.1. The maximum atomic E-state index is 8.95. The maximum absolute atomic E-state index is 8.95. The highest BCUT2D eigenvalue weighted by Crippen LogP contribution is 2.28. The van der Waals surface area contributed by atoms with Gasteiger partial charge in [-0.1, -0.05) is 0 Å². The van der Waals surface area contributed by atoms with Crippen molar-refractivity contribution < 1.29 is 5.11 Å². The molecule has 0 saturated heterocycles. The van der Waals surface area contributed by atoms with E-state index in [0.717, 1.165) is 16.0 Å². The average Bonchev–Trinajstić information content (AvgIpc) is 2.75. The molecule has 2 rings (SSSR count). The number of rotatable bonds is 4. The second kappa shape index (κ2) is 4.63. The molecule has 2 aromatic rings. The third-order valence-electron chi connectivity index (χ3n) is 2.33. The van der Waals surface area contributed by atoms with Crippen LogP contribution >= 0.6 is 11.3 Å². The summed E-state index contributed by atoms with van der Waals surface area (Å²) in [5.41, 5.74) is 0. The molecule has 0 bridgehead atoms. The molecule has 2 aromatic heterocycles. The zero-order chi connectivity index (χ0) is 11.5. The summed E-state index contributed by atoms with van der Waals surface area (Å²) in [5, 5.41) is 14.9. The number of aliphatic hydroxyl groups is 1. The van der Waals surface area contributed by atoms with E-state index in [1.54, 1.807) is 18.4 Å². The molecule has 0 fully saturated rings. The van der Waals surface area contributed by atoms with Gasteiger partial charge in [0.2, 0.25) is 5.95 Å². The van der Waals surface area contributed by atoms with E-state index in [-0.39, 0.29) is 6.61 Å². The van der Waals surface area contributed by atoms with Gasteiger partial charge < -0.3 is 15.3 Å². The molecule has 0 amide bonds. The zero-order valence-corrected chi connectivity index (χ0v) is 10.1. The molecule has 6 heteroatoms. The number of hydrogen-bond acceptors (Lipinski definition) is 6. The predicted molar refractivity (Wildman–Crippen MR) is 67.3 cm³/mol. The van der Waals surface area contributed by atoms with Crippen LogP contribution in [0.15, 0.2) is 11.4 Å². The third-order valence-corrected chi connectivity index (χ3v) is 3.13. The highest BCUT2D eigenvalue weighted by molar-refractivity contribution is 7.16. The number of anilines is 2. The Hall–Kier alpha value is -1.40. The fourth-order valence-corrected chi connectivity index (χ4v) is 2.26. The molecule has 16 heavy (non-hydrogen) atoms. The van der Waals surface area contributed by atoms with Crippen LogP contribution in [-0.4, -0.2) is 42.3 Å². The fraction of sp³-hybridized carbons (Fsp3) is 0.400. The Morgan fingerprint density at radius 1 is 1.50 bits per heavy atom. The van der Waals surface area contributed by atoms with Crippen LogP contribution in [0.2, 0.25) is 0 Å². The second-order valence-corrected chi connectivity index (χ2v) is 4.30. The second-order valence-electron chi connectivity index (χ2n) is 3.41. The van der Waals surface area contributed by atoms with Crippen LogP contribution < -0.4 is 10.2 Å². The molecule has 0 spiro atoms. The first-order valence-electron chi connectivity index (χ1n) is 5.01. The lowest BCUT2D eigenvalue weighted by molar-refractivity contribution is 0.304. The maximum Gasteiger partial charge on any atom is 0.225 e. The fourth-order valence-electron chi connectivity index (χ4n) is 1.50. The first-order valence-corrected chi connectivity index (χ1v) is 5.89. The van der Waals surface area contributed by atoms with Gasteiger partial charge >= 0.3 is 0 Å². The van der Waals surface area contributed by atoms with Crippen LogP contribution in [0.4, 0.5) is 11.8 Å². The van der Waals surface area contributed by atoms with Gasteiger partial charge in [-0.15, -0.1) is 11.3 Å². The van der Waals surface area contributed by atoms with Crippen LogP contribution in [-0.2, 0) is 0 Å². The van der Waals surface area contributed by atoms with E-state index >= 15 is 0 Å². The molecule has 0 aliphatic rings. The van der Waals surface area contributed by atoms with Crippen molar-refractivity contribution in [2.24, 2.45) is 0 Å². The monoisotopic (exact) mass is 238 g/mol. The number of aliphatic hydroxyl groups excluding tert-OH is 1. The van der Waals surface area contributed by atoms with Crippen LogP contribution in [0.3, 0.4) is 0 Å². The van der Waals surface area contributed by atoms with Crippen molar-refractivity contribution in [2.75, 3.05) is 37.5 Å². The molecule has 2 heterocycles. The van der Waals surface area contributed by atoms with Gasteiger partial charge in [0.15, 0.2) is 0 Å². The topological polar surface area (TPSA) is 61.3 Å². The molecule has 0 aliphatic heterocycles. The summed E-state index contributed by atoms with van der Waals surface area (Å²) in [7, 11) is 3.71. The van der Waals surface area contributed by atoms with E-state index in [0.29, 0.717) is 12.5 Å². The molecule has 0 unspecified atom stereocenters.